The van der Waals surface area contributed by atoms with Crippen molar-refractivity contribution in [3.8, 4) is 0 Å². The van der Waals surface area contributed by atoms with E-state index in [0.717, 1.165) is 25.2 Å². The molecule has 1 aromatic rings. The van der Waals surface area contributed by atoms with Crippen molar-refractivity contribution in [1.82, 2.24) is 14.5 Å². The number of aryl methyl sites for hydroxylation is 2. The summed E-state index contributed by atoms with van der Waals surface area (Å²) < 4.78 is 2.08. The van der Waals surface area contributed by atoms with Crippen molar-refractivity contribution in [2.24, 2.45) is 5.92 Å². The first-order chi connectivity index (χ1) is 9.11. The molecular formula is C13H19N3O3. The number of amides is 1. The number of likely N-dealkylation sites (tertiary alicyclic amines) is 1. The lowest BCUT2D eigenvalue weighted by molar-refractivity contribution is -0.141. The number of rotatable bonds is 6. The summed E-state index contributed by atoms with van der Waals surface area (Å²) in [4.78, 5) is 28.4. The summed E-state index contributed by atoms with van der Waals surface area (Å²) in [6.07, 6.45) is 5.56. The molecule has 0 aromatic carbocycles. The van der Waals surface area contributed by atoms with Crippen LogP contribution < -0.4 is 0 Å². The molecule has 1 aromatic heterocycles. The van der Waals surface area contributed by atoms with Gasteiger partial charge in [-0.2, -0.15) is 0 Å². The Bertz CT molecular complexity index is 469. The van der Waals surface area contributed by atoms with Gasteiger partial charge in [0.05, 0.1) is 5.92 Å². The van der Waals surface area contributed by atoms with Crippen LogP contribution in [0.4, 0.5) is 0 Å². The lowest BCUT2D eigenvalue weighted by Gasteiger charge is -2.16. The van der Waals surface area contributed by atoms with Gasteiger partial charge in [-0.05, 0) is 6.42 Å². The number of aliphatic carboxylic acids is 1. The van der Waals surface area contributed by atoms with Crippen molar-refractivity contribution < 1.29 is 14.7 Å². The molecule has 1 amide bonds. The second-order valence-electron chi connectivity index (χ2n) is 4.82. The van der Waals surface area contributed by atoms with Crippen LogP contribution in [0.15, 0.2) is 12.4 Å². The summed E-state index contributed by atoms with van der Waals surface area (Å²) in [7, 11) is 0. The van der Waals surface area contributed by atoms with Gasteiger partial charge in [-0.15, -0.1) is 0 Å². The molecule has 0 saturated carbocycles. The van der Waals surface area contributed by atoms with E-state index in [1.165, 1.54) is 0 Å². The molecule has 0 spiro atoms. The molecule has 1 aliphatic rings. The molecule has 1 atom stereocenters. The monoisotopic (exact) mass is 265 g/mol. The highest BCUT2D eigenvalue weighted by Crippen LogP contribution is 2.18. The summed E-state index contributed by atoms with van der Waals surface area (Å²) >= 11 is 0. The van der Waals surface area contributed by atoms with E-state index in [9.17, 15) is 9.59 Å². The fraction of sp³-hybridized carbons (Fsp3) is 0.615. The molecular weight excluding hydrogens is 246 g/mol. The Morgan fingerprint density at radius 1 is 1.53 bits per heavy atom. The summed E-state index contributed by atoms with van der Waals surface area (Å²) in [5.41, 5.74) is 0. The molecule has 104 valence electrons. The zero-order chi connectivity index (χ0) is 13.8. The first-order valence-electron chi connectivity index (χ1n) is 6.62. The van der Waals surface area contributed by atoms with Crippen LogP contribution in [-0.2, 0) is 22.6 Å². The van der Waals surface area contributed by atoms with Crippen LogP contribution in [0.5, 0.6) is 0 Å². The first-order valence-corrected chi connectivity index (χ1v) is 6.62. The Balaban J connectivity index is 1.80. The number of carbonyl (C=O) groups is 2. The average Bonchev–Trinajstić information content (AvgIpc) is 2.96. The normalized spacial score (nSPS) is 19.1. The maximum Gasteiger partial charge on any atom is 0.308 e. The average molecular weight is 265 g/mol. The molecule has 1 aliphatic heterocycles. The summed E-state index contributed by atoms with van der Waals surface area (Å²) in [5.74, 6) is -0.421. The van der Waals surface area contributed by atoms with E-state index in [2.05, 4.69) is 16.5 Å². The number of hydrogen-bond acceptors (Lipinski definition) is 3. The lowest BCUT2D eigenvalue weighted by Crippen LogP contribution is -2.28. The van der Waals surface area contributed by atoms with Gasteiger partial charge in [0.2, 0.25) is 5.91 Å². The van der Waals surface area contributed by atoms with E-state index < -0.39 is 11.9 Å². The van der Waals surface area contributed by atoms with Crippen molar-refractivity contribution in [2.45, 2.75) is 32.7 Å². The Morgan fingerprint density at radius 3 is 2.95 bits per heavy atom. The standard InChI is InChI=1S/C13H19N3O3/c1-2-11-14-4-7-15(11)5-3-6-16-9-10(13(18)19)8-12(16)17/h4,7,10H,2-3,5-6,8-9H2,1H3,(H,18,19)/t10-/m1/s1. The highest BCUT2D eigenvalue weighted by atomic mass is 16.4. The molecule has 0 aliphatic carbocycles. The van der Waals surface area contributed by atoms with E-state index in [4.69, 9.17) is 5.11 Å². The van der Waals surface area contributed by atoms with Gasteiger partial charge in [0.1, 0.15) is 5.82 Å². The third-order valence-electron chi connectivity index (χ3n) is 3.51. The van der Waals surface area contributed by atoms with E-state index in [-0.39, 0.29) is 12.3 Å². The van der Waals surface area contributed by atoms with Crippen LogP contribution in [0.2, 0.25) is 0 Å². The number of carbonyl (C=O) groups excluding carboxylic acids is 1. The van der Waals surface area contributed by atoms with Crippen LogP contribution in [-0.4, -0.2) is 44.5 Å². The second kappa shape index (κ2) is 5.86. The fourth-order valence-corrected chi connectivity index (χ4v) is 2.44. The molecule has 6 nitrogen and oxygen atoms in total. The molecule has 19 heavy (non-hydrogen) atoms. The number of aromatic nitrogens is 2. The Labute approximate surface area is 112 Å². The van der Waals surface area contributed by atoms with Crippen molar-refractivity contribution in [3.63, 3.8) is 0 Å². The quantitative estimate of drug-likeness (QED) is 0.824. The Morgan fingerprint density at radius 2 is 2.32 bits per heavy atom. The number of imidazole rings is 1. The molecule has 1 saturated heterocycles. The smallest absolute Gasteiger partial charge is 0.308 e. The third-order valence-corrected chi connectivity index (χ3v) is 3.51. The largest absolute Gasteiger partial charge is 0.481 e. The van der Waals surface area contributed by atoms with E-state index in [1.54, 1.807) is 11.1 Å². The van der Waals surface area contributed by atoms with Gasteiger partial charge in [0, 0.05) is 44.9 Å². The van der Waals surface area contributed by atoms with Gasteiger partial charge in [-0.3, -0.25) is 9.59 Å². The molecule has 0 radical (unpaired) electrons. The Kier molecular flexibility index (Phi) is 4.19. The minimum atomic E-state index is -0.876. The van der Waals surface area contributed by atoms with Crippen LogP contribution in [0.3, 0.4) is 0 Å². The molecule has 1 fully saturated rings. The highest BCUT2D eigenvalue weighted by molar-refractivity contribution is 5.86. The molecule has 6 heteroatoms. The summed E-state index contributed by atoms with van der Waals surface area (Å²) in [5, 5.41) is 8.90. The van der Waals surface area contributed by atoms with Crippen molar-refractivity contribution in [1.29, 1.82) is 0 Å². The fourth-order valence-electron chi connectivity index (χ4n) is 2.44. The van der Waals surface area contributed by atoms with Crippen LogP contribution >= 0.6 is 0 Å². The second-order valence-corrected chi connectivity index (χ2v) is 4.82. The SMILES string of the molecule is CCc1nccn1CCCN1C[C@H](C(=O)O)CC1=O. The summed E-state index contributed by atoms with van der Waals surface area (Å²) in [6, 6.07) is 0. The maximum atomic E-state index is 11.6. The van der Waals surface area contributed by atoms with E-state index in [1.807, 2.05) is 6.20 Å². The van der Waals surface area contributed by atoms with Crippen LogP contribution in [0.1, 0.15) is 25.6 Å². The maximum absolute atomic E-state index is 11.6. The highest BCUT2D eigenvalue weighted by Gasteiger charge is 2.33. The topological polar surface area (TPSA) is 75.4 Å². The van der Waals surface area contributed by atoms with E-state index >= 15 is 0 Å². The van der Waals surface area contributed by atoms with Crippen LogP contribution in [0, 0.1) is 5.92 Å². The zero-order valence-electron chi connectivity index (χ0n) is 11.1. The zero-order valence-corrected chi connectivity index (χ0v) is 11.1. The van der Waals surface area contributed by atoms with E-state index in [0.29, 0.717) is 13.1 Å². The van der Waals surface area contributed by atoms with Gasteiger partial charge >= 0.3 is 5.97 Å². The van der Waals surface area contributed by atoms with Crippen molar-refractivity contribution in [3.05, 3.63) is 18.2 Å². The Hall–Kier alpha value is -1.85. The molecule has 0 bridgehead atoms. The lowest BCUT2D eigenvalue weighted by atomic mass is 10.1. The minimum absolute atomic E-state index is 0.0475. The van der Waals surface area contributed by atoms with Crippen LogP contribution in [0.25, 0.3) is 0 Å². The van der Waals surface area contributed by atoms with Gasteiger partial charge in [0.15, 0.2) is 0 Å². The number of nitrogens with zero attached hydrogens (tertiary/aromatic N) is 3. The predicted molar refractivity (Wildman–Crippen MR) is 68.5 cm³/mol. The molecule has 0 unspecified atom stereocenters. The van der Waals surface area contributed by atoms with Gasteiger partial charge in [-0.1, -0.05) is 6.92 Å². The van der Waals surface area contributed by atoms with Gasteiger partial charge in [-0.25, -0.2) is 4.98 Å². The predicted octanol–water partition coefficient (Wildman–Crippen LogP) is 0.769. The molecule has 2 rings (SSSR count). The van der Waals surface area contributed by atoms with Gasteiger partial charge < -0.3 is 14.6 Å². The molecule has 1 N–H and O–H groups in total. The van der Waals surface area contributed by atoms with Crippen molar-refractivity contribution in [2.75, 3.05) is 13.1 Å². The number of carboxylic acid groups (broad SMARTS) is 1. The number of hydrogen-bond donors (Lipinski definition) is 1. The van der Waals surface area contributed by atoms with Gasteiger partial charge in [0.25, 0.3) is 0 Å². The third kappa shape index (κ3) is 3.13. The summed E-state index contributed by atoms with van der Waals surface area (Å²) in [6.45, 7) is 3.83. The molecule has 2 heterocycles. The minimum Gasteiger partial charge on any atom is -0.481 e. The van der Waals surface area contributed by atoms with Crippen molar-refractivity contribution >= 4 is 11.9 Å². The number of carboxylic acids is 1. The first kappa shape index (κ1) is 13.6.